The third-order valence-electron chi connectivity index (χ3n) is 11.4. The smallest absolute Gasteiger partial charge is 0.326 e. The van der Waals surface area contributed by atoms with E-state index in [4.69, 9.17) is 17.2 Å². The Hall–Kier alpha value is -6.32. The van der Waals surface area contributed by atoms with Crippen LogP contribution in [-0.2, 0) is 49.6 Å². The first-order valence-electron chi connectivity index (χ1n) is 24.2. The Bertz CT molecular complexity index is 1930. The quantitative estimate of drug-likeness (QED) is 0.0258. The Balaban J connectivity index is 3.43. The number of nitrogens with one attached hydrogen (secondary N) is 8. The average molecular weight is 987 g/mol. The van der Waals surface area contributed by atoms with Gasteiger partial charge < -0.3 is 64.8 Å². The summed E-state index contributed by atoms with van der Waals surface area (Å²) >= 11 is 0. The van der Waals surface area contributed by atoms with Crippen LogP contribution in [-0.4, -0.2) is 126 Å². The molecule has 1 aromatic rings. The normalized spacial score (nSPS) is 15.1. The van der Waals surface area contributed by atoms with Crippen LogP contribution in [0.1, 0.15) is 114 Å². The van der Waals surface area contributed by atoms with Gasteiger partial charge in [0.15, 0.2) is 5.96 Å². The lowest BCUT2D eigenvalue weighted by Gasteiger charge is -2.31. The maximum atomic E-state index is 14.2. The van der Waals surface area contributed by atoms with E-state index in [0.29, 0.717) is 12.0 Å². The molecule has 0 unspecified atom stereocenters. The zero-order valence-corrected chi connectivity index (χ0v) is 42.8. The second-order valence-corrected chi connectivity index (χ2v) is 19.3. The summed E-state index contributed by atoms with van der Waals surface area (Å²) < 4.78 is 0. The fraction of sp³-hybridized carbons (Fsp3) is 0.667. The number of hydrogen-bond donors (Lipinski definition) is 12. The van der Waals surface area contributed by atoms with Crippen LogP contribution < -0.4 is 59.7 Å². The van der Waals surface area contributed by atoms with Crippen molar-refractivity contribution in [2.24, 2.45) is 51.8 Å². The van der Waals surface area contributed by atoms with Crippen LogP contribution in [0.4, 0.5) is 0 Å². The predicted octanol–water partition coefficient (Wildman–Crippen LogP) is -0.325. The van der Waals surface area contributed by atoms with Crippen LogP contribution in [0.15, 0.2) is 35.3 Å². The first-order chi connectivity index (χ1) is 32.7. The molecule has 15 N–H and O–H groups in total. The molecular formula is C48H82N12O10. The van der Waals surface area contributed by atoms with Gasteiger partial charge >= 0.3 is 5.97 Å². The summed E-state index contributed by atoms with van der Waals surface area (Å²) in [6.07, 6.45) is 1.10. The Labute approximate surface area is 412 Å². The van der Waals surface area contributed by atoms with E-state index in [0.717, 1.165) is 0 Å². The van der Waals surface area contributed by atoms with E-state index in [-0.39, 0.29) is 63.0 Å². The van der Waals surface area contributed by atoms with E-state index in [1.54, 1.807) is 65.0 Å². The number of guanidine groups is 1. The van der Waals surface area contributed by atoms with Crippen molar-refractivity contribution < 1.29 is 48.3 Å². The number of carboxylic acids is 1. The molecule has 0 aliphatic heterocycles. The van der Waals surface area contributed by atoms with Crippen molar-refractivity contribution in [2.75, 3.05) is 13.1 Å². The first-order valence-corrected chi connectivity index (χ1v) is 24.2. The van der Waals surface area contributed by atoms with E-state index in [1.165, 1.54) is 6.92 Å². The molecule has 0 radical (unpaired) electrons. The maximum Gasteiger partial charge on any atom is 0.326 e. The standard InChI is InChI=1S/C48H82N12O10/c1-12-29(10)39(60-41(63)32(19-16-20-52-48(50)51)55-43(65)33(21-25(2)3)54-36(61)24-49)46(68)59-38(28(8)9)44(66)56-34(23-31-17-14-13-15-18-31)42(64)53-30(11)40(62)58-37(27(6)7)45(67)57-35(47(69)70)22-26(4)5/h13-15,17-18,25-30,32-35,37-39H,12,16,19-24,49H2,1-11H3,(H,53,64)(H,54,61)(H,55,65)(H,56,66)(H,57,67)(H,58,62)(H,59,68)(H,60,63)(H,69,70)(H4,50,51,52)/t29-,30-,32-,33-,34-,35-,37-,38-,39-/m0/s1. The number of hydrogen-bond acceptors (Lipinski definition) is 11. The van der Waals surface area contributed by atoms with E-state index in [1.807, 2.05) is 34.6 Å². The zero-order chi connectivity index (χ0) is 53.4. The van der Waals surface area contributed by atoms with Gasteiger partial charge in [-0.05, 0) is 67.8 Å². The molecule has 70 heavy (non-hydrogen) atoms. The van der Waals surface area contributed by atoms with Crippen LogP contribution in [0, 0.1) is 29.6 Å². The highest BCUT2D eigenvalue weighted by molar-refractivity contribution is 5.98. The molecule has 9 atom stereocenters. The molecular weight excluding hydrogens is 905 g/mol. The number of nitrogens with two attached hydrogens (primary N) is 3. The Morgan fingerprint density at radius 2 is 1.01 bits per heavy atom. The fourth-order valence-electron chi connectivity index (χ4n) is 7.20. The number of carbonyl (C=O) groups is 9. The number of benzene rings is 1. The molecule has 22 nitrogen and oxygen atoms in total. The van der Waals surface area contributed by atoms with Crippen molar-refractivity contribution in [2.45, 2.75) is 163 Å². The van der Waals surface area contributed by atoms with Crippen LogP contribution in [0.3, 0.4) is 0 Å². The number of aliphatic imine (C=N–C) groups is 1. The SMILES string of the molecule is CC[C@H](C)[C@H](NC(=O)[C@H](CCCN=C(N)N)NC(=O)[C@H](CC(C)C)NC(=O)CN)C(=O)N[C@H](C(=O)N[C@@H](Cc1ccccc1)C(=O)N[C@@H](C)C(=O)N[C@H](C(=O)N[C@@H](CC(C)C)C(=O)O)C(C)C)C(C)C. The molecule has 0 aromatic heterocycles. The minimum atomic E-state index is -1.28. The number of amides is 8. The van der Waals surface area contributed by atoms with Crippen LogP contribution in [0.5, 0.6) is 0 Å². The number of carboxylic acid groups (broad SMARTS) is 1. The Kier molecular flexibility index (Phi) is 27.3. The minimum Gasteiger partial charge on any atom is -0.480 e. The van der Waals surface area contributed by atoms with Crippen LogP contribution in [0.2, 0.25) is 0 Å². The third kappa shape index (κ3) is 22.4. The van der Waals surface area contributed by atoms with Crippen LogP contribution in [0.25, 0.3) is 0 Å². The molecule has 0 fully saturated rings. The molecule has 0 aliphatic carbocycles. The topological polar surface area (TPSA) is 361 Å². The van der Waals surface area contributed by atoms with Gasteiger partial charge in [0.1, 0.15) is 48.3 Å². The molecule has 0 saturated carbocycles. The summed E-state index contributed by atoms with van der Waals surface area (Å²) in [4.78, 5) is 125. The highest BCUT2D eigenvalue weighted by atomic mass is 16.4. The Morgan fingerprint density at radius 1 is 0.557 bits per heavy atom. The van der Waals surface area contributed by atoms with Crippen molar-refractivity contribution in [1.29, 1.82) is 0 Å². The molecule has 1 aromatic carbocycles. The lowest BCUT2D eigenvalue weighted by molar-refractivity contribution is -0.143. The molecule has 1 rings (SSSR count). The van der Waals surface area contributed by atoms with Crippen LogP contribution >= 0.6 is 0 Å². The lowest BCUT2D eigenvalue weighted by atomic mass is 9.95. The average Bonchev–Trinajstić information content (AvgIpc) is 3.28. The summed E-state index contributed by atoms with van der Waals surface area (Å²) in [6.45, 7) is 18.8. The molecule has 0 bridgehead atoms. The van der Waals surface area contributed by atoms with Gasteiger partial charge in [-0.2, -0.15) is 0 Å². The van der Waals surface area contributed by atoms with Gasteiger partial charge in [-0.3, -0.25) is 43.3 Å². The molecule has 394 valence electrons. The number of aliphatic carboxylic acids is 1. The number of nitrogens with zero attached hydrogens (tertiary/aromatic N) is 1. The van der Waals surface area contributed by atoms with Gasteiger partial charge in [0.2, 0.25) is 47.3 Å². The highest BCUT2D eigenvalue weighted by Gasteiger charge is 2.36. The third-order valence-corrected chi connectivity index (χ3v) is 11.4. The van der Waals surface area contributed by atoms with Gasteiger partial charge in [0.05, 0.1) is 6.54 Å². The summed E-state index contributed by atoms with van der Waals surface area (Å²) in [5, 5.41) is 31.0. The molecule has 0 heterocycles. The molecule has 0 saturated heterocycles. The zero-order valence-electron chi connectivity index (χ0n) is 42.8. The van der Waals surface area contributed by atoms with Gasteiger partial charge in [-0.15, -0.1) is 0 Å². The minimum absolute atomic E-state index is 0.0217. The second-order valence-electron chi connectivity index (χ2n) is 19.3. The highest BCUT2D eigenvalue weighted by Crippen LogP contribution is 2.14. The van der Waals surface area contributed by atoms with E-state index in [9.17, 15) is 48.3 Å². The fourth-order valence-corrected chi connectivity index (χ4v) is 7.20. The maximum absolute atomic E-state index is 14.2. The molecule has 0 spiro atoms. The summed E-state index contributed by atoms with van der Waals surface area (Å²) in [5.74, 6) is -8.50. The predicted molar refractivity (Wildman–Crippen MR) is 266 cm³/mol. The van der Waals surface area contributed by atoms with Crippen molar-refractivity contribution in [3.63, 3.8) is 0 Å². The lowest BCUT2D eigenvalue weighted by Crippen LogP contribution is -2.62. The summed E-state index contributed by atoms with van der Waals surface area (Å²) in [6, 6.07) is -0.722. The summed E-state index contributed by atoms with van der Waals surface area (Å²) in [7, 11) is 0. The summed E-state index contributed by atoms with van der Waals surface area (Å²) in [5.41, 5.74) is 17.1. The number of carbonyl (C=O) groups excluding carboxylic acids is 8. The monoisotopic (exact) mass is 987 g/mol. The van der Waals surface area contributed by atoms with E-state index in [2.05, 4.69) is 47.5 Å². The largest absolute Gasteiger partial charge is 0.480 e. The first kappa shape index (κ1) is 61.7. The van der Waals surface area contributed by atoms with Gasteiger partial charge in [0, 0.05) is 13.0 Å². The molecule has 8 amide bonds. The second kappa shape index (κ2) is 31.0. The molecule has 0 aliphatic rings. The van der Waals surface area contributed by atoms with Gasteiger partial charge in [-0.1, -0.05) is 106 Å². The molecule has 22 heteroatoms. The van der Waals surface area contributed by atoms with E-state index < -0.39 is 119 Å². The van der Waals surface area contributed by atoms with Crippen molar-refractivity contribution in [3.8, 4) is 0 Å². The van der Waals surface area contributed by atoms with Crippen molar-refractivity contribution in [1.82, 2.24) is 42.5 Å². The van der Waals surface area contributed by atoms with Gasteiger partial charge in [-0.25, -0.2) is 4.79 Å². The van der Waals surface area contributed by atoms with E-state index >= 15 is 0 Å². The Morgan fingerprint density at radius 3 is 1.50 bits per heavy atom. The van der Waals surface area contributed by atoms with Gasteiger partial charge in [0.25, 0.3) is 0 Å². The number of rotatable bonds is 31. The van der Waals surface area contributed by atoms with Crippen molar-refractivity contribution in [3.05, 3.63) is 35.9 Å². The van der Waals surface area contributed by atoms with Crippen molar-refractivity contribution >= 4 is 59.2 Å².